The molecular formula is C21H25N5OS. The molecule has 1 fully saturated rings. The molecule has 6 nitrogen and oxygen atoms in total. The molecule has 4 rings (SSSR count). The van der Waals surface area contributed by atoms with E-state index in [0.29, 0.717) is 18.2 Å². The van der Waals surface area contributed by atoms with Crippen LogP contribution in [0.5, 0.6) is 0 Å². The van der Waals surface area contributed by atoms with Gasteiger partial charge in [-0.05, 0) is 48.8 Å². The van der Waals surface area contributed by atoms with Crippen molar-refractivity contribution in [1.82, 2.24) is 19.9 Å². The SMILES string of the molecule is Cc1nc(NC2CCN(C(=O)c3ccccn3)C2)c2c(CC(C)C)csc2n1. The number of aryl methyl sites for hydroxylation is 1. The van der Waals surface area contributed by atoms with E-state index in [0.717, 1.165) is 41.2 Å². The first-order chi connectivity index (χ1) is 13.5. The highest BCUT2D eigenvalue weighted by molar-refractivity contribution is 7.17. The van der Waals surface area contributed by atoms with Crippen LogP contribution in [0.3, 0.4) is 0 Å². The van der Waals surface area contributed by atoms with Crippen LogP contribution in [-0.2, 0) is 6.42 Å². The molecule has 3 aromatic heterocycles. The van der Waals surface area contributed by atoms with Crippen molar-refractivity contribution < 1.29 is 4.79 Å². The fraction of sp³-hybridized carbons (Fsp3) is 0.429. The Balaban J connectivity index is 1.54. The van der Waals surface area contributed by atoms with Gasteiger partial charge in [0.05, 0.1) is 5.39 Å². The molecule has 1 aliphatic rings. The highest BCUT2D eigenvalue weighted by Gasteiger charge is 2.28. The van der Waals surface area contributed by atoms with Crippen molar-refractivity contribution in [3.63, 3.8) is 0 Å². The molecule has 1 amide bonds. The number of hydrogen-bond donors (Lipinski definition) is 1. The second kappa shape index (κ2) is 7.83. The third-order valence-corrected chi connectivity index (χ3v) is 5.87. The number of nitrogens with zero attached hydrogens (tertiary/aromatic N) is 4. The average Bonchev–Trinajstić information content (AvgIpc) is 3.29. The molecule has 0 aliphatic carbocycles. The minimum Gasteiger partial charge on any atom is -0.365 e. The summed E-state index contributed by atoms with van der Waals surface area (Å²) in [6, 6.07) is 5.61. The standard InChI is InChI=1S/C21H25N5OS/c1-13(2)10-15-12-28-20-18(15)19(23-14(3)24-20)25-16-7-9-26(11-16)21(27)17-6-4-5-8-22-17/h4-6,8,12-13,16H,7,9-11H2,1-3H3,(H,23,24,25). The summed E-state index contributed by atoms with van der Waals surface area (Å²) in [5, 5.41) is 6.94. The summed E-state index contributed by atoms with van der Waals surface area (Å²) in [4.78, 5) is 29.1. The van der Waals surface area contributed by atoms with E-state index in [-0.39, 0.29) is 11.9 Å². The molecule has 146 valence electrons. The van der Waals surface area contributed by atoms with Gasteiger partial charge in [-0.3, -0.25) is 9.78 Å². The van der Waals surface area contributed by atoms with E-state index in [9.17, 15) is 4.79 Å². The van der Waals surface area contributed by atoms with Gasteiger partial charge >= 0.3 is 0 Å². The fourth-order valence-corrected chi connectivity index (χ4v) is 4.71. The molecule has 7 heteroatoms. The molecule has 0 saturated carbocycles. The van der Waals surface area contributed by atoms with Crippen LogP contribution in [0.25, 0.3) is 10.2 Å². The van der Waals surface area contributed by atoms with Crippen molar-refractivity contribution >= 4 is 33.3 Å². The van der Waals surface area contributed by atoms with Crippen molar-refractivity contribution in [1.29, 1.82) is 0 Å². The Morgan fingerprint density at radius 2 is 2.21 bits per heavy atom. The Morgan fingerprint density at radius 3 is 2.96 bits per heavy atom. The predicted octanol–water partition coefficient (Wildman–Crippen LogP) is 3.92. The number of anilines is 1. The monoisotopic (exact) mass is 395 g/mol. The van der Waals surface area contributed by atoms with Gasteiger partial charge in [-0.25, -0.2) is 9.97 Å². The zero-order valence-electron chi connectivity index (χ0n) is 16.5. The number of thiophene rings is 1. The Labute approximate surface area is 169 Å². The van der Waals surface area contributed by atoms with Crippen LogP contribution in [0.1, 0.15) is 42.1 Å². The third kappa shape index (κ3) is 3.85. The summed E-state index contributed by atoms with van der Waals surface area (Å²) in [6.07, 6.45) is 3.56. The zero-order valence-corrected chi connectivity index (χ0v) is 17.3. The normalized spacial score (nSPS) is 16.9. The maximum Gasteiger partial charge on any atom is 0.272 e. The summed E-state index contributed by atoms with van der Waals surface area (Å²) in [6.45, 7) is 7.76. The van der Waals surface area contributed by atoms with Crippen LogP contribution >= 0.6 is 11.3 Å². The van der Waals surface area contributed by atoms with Crippen LogP contribution < -0.4 is 5.32 Å². The van der Waals surface area contributed by atoms with Crippen molar-refractivity contribution in [2.24, 2.45) is 5.92 Å². The molecule has 1 unspecified atom stereocenters. The van der Waals surface area contributed by atoms with Gasteiger partial charge < -0.3 is 10.2 Å². The summed E-state index contributed by atoms with van der Waals surface area (Å²) >= 11 is 1.68. The maximum atomic E-state index is 12.7. The average molecular weight is 396 g/mol. The Kier molecular flexibility index (Phi) is 5.26. The number of aromatic nitrogens is 3. The largest absolute Gasteiger partial charge is 0.365 e. The third-order valence-electron chi connectivity index (χ3n) is 4.95. The molecule has 0 bridgehead atoms. The van der Waals surface area contributed by atoms with Gasteiger partial charge in [0.15, 0.2) is 0 Å². The quantitative estimate of drug-likeness (QED) is 0.709. The minimum absolute atomic E-state index is 0.00931. The molecule has 1 saturated heterocycles. The highest BCUT2D eigenvalue weighted by atomic mass is 32.1. The first-order valence-electron chi connectivity index (χ1n) is 9.73. The number of amides is 1. The van der Waals surface area contributed by atoms with Gasteiger partial charge in [0, 0.05) is 25.3 Å². The summed E-state index contributed by atoms with van der Waals surface area (Å²) < 4.78 is 0. The van der Waals surface area contributed by atoms with Crippen LogP contribution in [0.15, 0.2) is 29.8 Å². The number of carbonyl (C=O) groups is 1. The lowest BCUT2D eigenvalue weighted by Gasteiger charge is -2.18. The number of pyridine rings is 1. The topological polar surface area (TPSA) is 71.0 Å². The number of likely N-dealkylation sites (tertiary alicyclic amines) is 1. The van der Waals surface area contributed by atoms with Gasteiger partial charge in [0.2, 0.25) is 0 Å². The van der Waals surface area contributed by atoms with E-state index < -0.39 is 0 Å². The molecular weight excluding hydrogens is 370 g/mol. The van der Waals surface area contributed by atoms with Gasteiger partial charge in [-0.1, -0.05) is 19.9 Å². The number of fused-ring (bicyclic) bond motifs is 1. The first kappa shape index (κ1) is 18.8. The predicted molar refractivity (Wildman–Crippen MR) is 113 cm³/mol. The molecule has 4 heterocycles. The maximum absolute atomic E-state index is 12.7. The Morgan fingerprint density at radius 1 is 1.36 bits per heavy atom. The van der Waals surface area contributed by atoms with Crippen molar-refractivity contribution in [2.75, 3.05) is 18.4 Å². The highest BCUT2D eigenvalue weighted by Crippen LogP contribution is 2.32. The van der Waals surface area contributed by atoms with Crippen molar-refractivity contribution in [3.05, 3.63) is 46.9 Å². The molecule has 0 aromatic carbocycles. The second-order valence-electron chi connectivity index (χ2n) is 7.75. The summed E-state index contributed by atoms with van der Waals surface area (Å²) in [5.74, 6) is 2.23. The summed E-state index contributed by atoms with van der Waals surface area (Å²) in [5.41, 5.74) is 1.80. The molecule has 1 N–H and O–H groups in total. The number of hydrogen-bond acceptors (Lipinski definition) is 6. The van der Waals surface area contributed by atoms with Crippen LogP contribution in [0, 0.1) is 12.8 Å². The molecule has 3 aromatic rings. The van der Waals surface area contributed by atoms with Crippen LogP contribution in [-0.4, -0.2) is 44.9 Å². The smallest absolute Gasteiger partial charge is 0.272 e. The number of rotatable bonds is 5. The van der Waals surface area contributed by atoms with Gasteiger partial charge in [-0.2, -0.15) is 0 Å². The molecule has 28 heavy (non-hydrogen) atoms. The molecule has 0 radical (unpaired) electrons. The molecule has 1 aliphatic heterocycles. The number of carbonyl (C=O) groups excluding carboxylic acids is 1. The van der Waals surface area contributed by atoms with Crippen LogP contribution in [0.2, 0.25) is 0 Å². The second-order valence-corrected chi connectivity index (χ2v) is 8.61. The van der Waals surface area contributed by atoms with Gasteiger partial charge in [0.25, 0.3) is 5.91 Å². The molecule has 0 spiro atoms. The van der Waals surface area contributed by atoms with E-state index in [1.54, 1.807) is 23.6 Å². The Hall–Kier alpha value is -2.54. The van der Waals surface area contributed by atoms with Crippen molar-refractivity contribution in [3.8, 4) is 0 Å². The lowest BCUT2D eigenvalue weighted by Crippen LogP contribution is -2.32. The fourth-order valence-electron chi connectivity index (χ4n) is 3.71. The van der Waals surface area contributed by atoms with E-state index in [1.165, 1.54) is 5.56 Å². The lowest BCUT2D eigenvalue weighted by molar-refractivity contribution is 0.0786. The van der Waals surface area contributed by atoms with E-state index in [4.69, 9.17) is 4.98 Å². The van der Waals surface area contributed by atoms with E-state index in [2.05, 4.69) is 34.5 Å². The lowest BCUT2D eigenvalue weighted by atomic mass is 10.0. The first-order valence-corrected chi connectivity index (χ1v) is 10.6. The molecule has 1 atom stereocenters. The minimum atomic E-state index is -0.00931. The Bertz CT molecular complexity index is 985. The van der Waals surface area contributed by atoms with E-state index in [1.807, 2.05) is 24.0 Å². The zero-order chi connectivity index (χ0) is 19.7. The van der Waals surface area contributed by atoms with Crippen LogP contribution in [0.4, 0.5) is 5.82 Å². The van der Waals surface area contributed by atoms with Gasteiger partial charge in [-0.15, -0.1) is 11.3 Å². The van der Waals surface area contributed by atoms with Crippen molar-refractivity contribution in [2.45, 2.75) is 39.7 Å². The summed E-state index contributed by atoms with van der Waals surface area (Å²) in [7, 11) is 0. The van der Waals surface area contributed by atoms with Gasteiger partial charge in [0.1, 0.15) is 22.2 Å². The number of nitrogens with one attached hydrogen (secondary N) is 1. The van der Waals surface area contributed by atoms with E-state index >= 15 is 0 Å².